The van der Waals surface area contributed by atoms with Crippen molar-refractivity contribution in [3.63, 3.8) is 0 Å². The fourth-order valence-corrected chi connectivity index (χ4v) is 2.84. The molecule has 1 aromatic rings. The molecule has 2 rings (SSSR count). The molecule has 1 nitrogen and oxygen atoms in total. The van der Waals surface area contributed by atoms with E-state index in [1.165, 1.54) is 30.4 Å². The summed E-state index contributed by atoms with van der Waals surface area (Å²) in [5.74, 6) is 0.461. The number of unbranched alkanes of at least 4 members (excludes halogenated alkanes) is 1. The molecule has 0 saturated heterocycles. The van der Waals surface area contributed by atoms with Crippen LogP contribution in [0.25, 0.3) is 6.08 Å². The second kappa shape index (κ2) is 5.05. The van der Waals surface area contributed by atoms with Crippen LogP contribution in [0.4, 0.5) is 0 Å². The Morgan fingerprint density at radius 2 is 2.06 bits per heavy atom. The fraction of sp³-hybridized carbons (Fsp3) is 0.500. The van der Waals surface area contributed by atoms with E-state index in [2.05, 4.69) is 50.3 Å². The lowest BCUT2D eigenvalue weighted by Crippen LogP contribution is -2.37. The summed E-state index contributed by atoms with van der Waals surface area (Å²) in [5.41, 5.74) is 2.45. The lowest BCUT2D eigenvalue weighted by atomic mass is 9.66. The Morgan fingerprint density at radius 3 is 2.76 bits per heavy atom. The van der Waals surface area contributed by atoms with Gasteiger partial charge in [0.25, 0.3) is 0 Å². The molecule has 0 saturated carbocycles. The minimum absolute atomic E-state index is 0.111. The Kier molecular flexibility index (Phi) is 3.68. The number of rotatable bonds is 4. The third-order valence-electron chi connectivity index (χ3n) is 4.10. The smallest absolute Gasteiger partial charge is 0.0531 e. The van der Waals surface area contributed by atoms with Crippen LogP contribution in [0.1, 0.15) is 44.2 Å². The molecule has 1 aliphatic carbocycles. The summed E-state index contributed by atoms with van der Waals surface area (Å²) >= 11 is 0. The summed E-state index contributed by atoms with van der Waals surface area (Å²) < 4.78 is 0. The average Bonchev–Trinajstić information content (AvgIpc) is 2.38. The van der Waals surface area contributed by atoms with Gasteiger partial charge in [-0.15, -0.1) is 0 Å². The number of allylic oxidation sites excluding steroid dienone is 1. The van der Waals surface area contributed by atoms with E-state index in [9.17, 15) is 5.11 Å². The Morgan fingerprint density at radius 1 is 1.29 bits per heavy atom. The van der Waals surface area contributed by atoms with Crippen molar-refractivity contribution in [3.8, 4) is 0 Å². The van der Waals surface area contributed by atoms with Crippen LogP contribution in [0, 0.1) is 5.92 Å². The molecule has 0 fully saturated rings. The molecule has 0 radical (unpaired) electrons. The van der Waals surface area contributed by atoms with Crippen molar-refractivity contribution in [3.05, 3.63) is 41.5 Å². The third-order valence-corrected chi connectivity index (χ3v) is 4.10. The van der Waals surface area contributed by atoms with Crippen LogP contribution in [0.3, 0.4) is 0 Å². The number of hydrogen-bond acceptors (Lipinski definition) is 1. The number of fused-ring (bicyclic) bond motifs is 1. The molecule has 1 aromatic carbocycles. The Hall–Kier alpha value is -1.08. The van der Waals surface area contributed by atoms with Crippen molar-refractivity contribution in [2.75, 3.05) is 6.61 Å². The van der Waals surface area contributed by atoms with Crippen molar-refractivity contribution in [2.45, 2.75) is 38.5 Å². The van der Waals surface area contributed by atoms with Gasteiger partial charge in [-0.25, -0.2) is 0 Å². The topological polar surface area (TPSA) is 20.2 Å². The normalized spacial score (nSPS) is 26.9. The summed E-state index contributed by atoms with van der Waals surface area (Å²) in [6.45, 7) is 4.63. The first-order valence-electron chi connectivity index (χ1n) is 6.61. The van der Waals surface area contributed by atoms with Gasteiger partial charge in [0.15, 0.2) is 0 Å². The molecule has 2 atom stereocenters. The van der Waals surface area contributed by atoms with Crippen molar-refractivity contribution < 1.29 is 5.11 Å². The monoisotopic (exact) mass is 230 g/mol. The average molecular weight is 230 g/mol. The van der Waals surface area contributed by atoms with Gasteiger partial charge in [0, 0.05) is 5.41 Å². The number of benzene rings is 1. The van der Waals surface area contributed by atoms with Crippen molar-refractivity contribution in [2.24, 2.45) is 5.92 Å². The second-order valence-electron chi connectivity index (χ2n) is 5.27. The van der Waals surface area contributed by atoms with E-state index in [-0.39, 0.29) is 12.0 Å². The highest BCUT2D eigenvalue weighted by molar-refractivity contribution is 5.60. The summed E-state index contributed by atoms with van der Waals surface area (Å²) in [7, 11) is 0. The first-order chi connectivity index (χ1) is 8.22. The summed E-state index contributed by atoms with van der Waals surface area (Å²) in [6.07, 6.45) is 8.11. The van der Waals surface area contributed by atoms with Gasteiger partial charge >= 0.3 is 0 Å². The lowest BCUT2D eigenvalue weighted by molar-refractivity contribution is 0.162. The lowest BCUT2D eigenvalue weighted by Gasteiger charge is -2.39. The van der Waals surface area contributed by atoms with Gasteiger partial charge in [-0.2, -0.15) is 0 Å². The maximum atomic E-state index is 9.83. The number of hydrogen-bond donors (Lipinski definition) is 1. The van der Waals surface area contributed by atoms with Crippen LogP contribution in [-0.2, 0) is 5.41 Å². The van der Waals surface area contributed by atoms with E-state index in [4.69, 9.17) is 0 Å². The van der Waals surface area contributed by atoms with Crippen LogP contribution in [-0.4, -0.2) is 11.7 Å². The summed E-state index contributed by atoms with van der Waals surface area (Å²) in [4.78, 5) is 0. The van der Waals surface area contributed by atoms with Gasteiger partial charge in [0.05, 0.1) is 6.61 Å². The van der Waals surface area contributed by atoms with Crippen LogP contribution >= 0.6 is 0 Å². The quantitative estimate of drug-likeness (QED) is 0.834. The highest BCUT2D eigenvalue weighted by atomic mass is 16.3. The first kappa shape index (κ1) is 12.4. The number of aliphatic hydroxyl groups is 1. The standard InChI is InChI=1S/C16H22O/c1-3-4-8-14-11-10-13-7-5-6-9-15(13)16(14,2)12-17/h5-7,9-11,14,17H,3-4,8,12H2,1-2H3/t14-,16-/m0/s1. The van der Waals surface area contributed by atoms with Gasteiger partial charge in [0.2, 0.25) is 0 Å². The van der Waals surface area contributed by atoms with Crippen molar-refractivity contribution >= 4 is 6.08 Å². The largest absolute Gasteiger partial charge is 0.395 e. The molecule has 0 aliphatic heterocycles. The molecular weight excluding hydrogens is 208 g/mol. The van der Waals surface area contributed by atoms with Crippen LogP contribution in [0.15, 0.2) is 30.3 Å². The van der Waals surface area contributed by atoms with Crippen molar-refractivity contribution in [1.29, 1.82) is 0 Å². The van der Waals surface area contributed by atoms with Gasteiger partial charge in [-0.3, -0.25) is 0 Å². The van der Waals surface area contributed by atoms with E-state index in [0.717, 1.165) is 0 Å². The molecule has 1 aliphatic rings. The predicted molar refractivity (Wildman–Crippen MR) is 72.9 cm³/mol. The van der Waals surface area contributed by atoms with Gasteiger partial charge < -0.3 is 5.11 Å². The second-order valence-corrected chi connectivity index (χ2v) is 5.27. The first-order valence-corrected chi connectivity index (χ1v) is 6.61. The molecule has 0 spiro atoms. The zero-order chi connectivity index (χ0) is 12.3. The fourth-order valence-electron chi connectivity index (χ4n) is 2.84. The Balaban J connectivity index is 2.35. The predicted octanol–water partition coefficient (Wildman–Crippen LogP) is 3.77. The highest BCUT2D eigenvalue weighted by Gasteiger charge is 2.36. The summed E-state index contributed by atoms with van der Waals surface area (Å²) in [5, 5.41) is 9.83. The van der Waals surface area contributed by atoms with Crippen molar-refractivity contribution in [1.82, 2.24) is 0 Å². The van der Waals surface area contributed by atoms with Crippen LogP contribution < -0.4 is 0 Å². The van der Waals surface area contributed by atoms with Gasteiger partial charge in [-0.05, 0) is 23.5 Å². The molecule has 92 valence electrons. The van der Waals surface area contributed by atoms with E-state index < -0.39 is 0 Å². The third kappa shape index (κ3) is 2.16. The molecule has 0 heterocycles. The summed E-state index contributed by atoms with van der Waals surface area (Å²) in [6, 6.07) is 8.43. The minimum Gasteiger partial charge on any atom is -0.395 e. The molecule has 0 amide bonds. The highest BCUT2D eigenvalue weighted by Crippen LogP contribution is 2.41. The van der Waals surface area contributed by atoms with Gasteiger partial charge in [0.1, 0.15) is 0 Å². The van der Waals surface area contributed by atoms with Crippen LogP contribution in [0.2, 0.25) is 0 Å². The molecular formula is C16H22O. The zero-order valence-electron chi connectivity index (χ0n) is 10.8. The van der Waals surface area contributed by atoms with E-state index in [1.54, 1.807) is 0 Å². The molecule has 1 heteroatoms. The Labute approximate surface area is 104 Å². The molecule has 0 unspecified atom stereocenters. The zero-order valence-corrected chi connectivity index (χ0v) is 10.8. The van der Waals surface area contributed by atoms with E-state index in [0.29, 0.717) is 5.92 Å². The Bertz CT molecular complexity index is 408. The molecule has 0 bridgehead atoms. The maximum Gasteiger partial charge on any atom is 0.0531 e. The van der Waals surface area contributed by atoms with E-state index >= 15 is 0 Å². The molecule has 17 heavy (non-hydrogen) atoms. The molecule has 0 aromatic heterocycles. The SMILES string of the molecule is CCCC[C@H]1C=Cc2ccccc2[C@@]1(C)CO. The maximum absolute atomic E-state index is 9.83. The van der Waals surface area contributed by atoms with E-state index in [1.807, 2.05) is 0 Å². The van der Waals surface area contributed by atoms with Gasteiger partial charge in [-0.1, -0.05) is 63.1 Å². The number of aliphatic hydroxyl groups excluding tert-OH is 1. The van der Waals surface area contributed by atoms with Crippen LogP contribution in [0.5, 0.6) is 0 Å². The minimum atomic E-state index is -0.111. The molecule has 1 N–H and O–H groups in total.